The zero-order valence-electron chi connectivity index (χ0n) is 9.04. The third-order valence-electron chi connectivity index (χ3n) is 2.00. The predicted molar refractivity (Wildman–Crippen MR) is 58.4 cm³/mol. The minimum Gasteiger partial charge on any atom is -0.268 e. The van der Waals surface area contributed by atoms with Gasteiger partial charge in [0.25, 0.3) is 5.91 Å². The molecule has 0 unspecified atom stereocenters. The van der Waals surface area contributed by atoms with Crippen molar-refractivity contribution in [2.24, 2.45) is 0 Å². The van der Waals surface area contributed by atoms with Crippen molar-refractivity contribution < 1.29 is 22.0 Å². The maximum atomic E-state index is 12.6. The Morgan fingerprint density at radius 2 is 1.94 bits per heavy atom. The maximum Gasteiger partial charge on any atom is 0.265 e. The van der Waals surface area contributed by atoms with E-state index in [4.69, 9.17) is 0 Å². The second-order valence-corrected chi connectivity index (χ2v) is 5.21. The van der Waals surface area contributed by atoms with E-state index in [0.717, 1.165) is 12.3 Å². The van der Waals surface area contributed by atoms with Crippen LogP contribution in [0.2, 0.25) is 0 Å². The monoisotopic (exact) mass is 263 g/mol. The molecule has 94 valence electrons. The lowest BCUT2D eigenvalue weighted by Crippen LogP contribution is -2.30. The lowest BCUT2D eigenvalue weighted by atomic mass is 10.0. The van der Waals surface area contributed by atoms with Gasteiger partial charge in [0.15, 0.2) is 0 Å². The van der Waals surface area contributed by atoms with Gasteiger partial charge in [0, 0.05) is 5.56 Å². The van der Waals surface area contributed by atoms with Crippen molar-refractivity contribution in [2.75, 3.05) is 6.26 Å². The molecule has 0 saturated carbocycles. The van der Waals surface area contributed by atoms with Crippen LogP contribution in [0.5, 0.6) is 0 Å². The number of benzene rings is 1. The molecule has 7 heteroatoms. The SMILES string of the molecule is CS(=O)(=O)NC(=O)c1cc(CF)ccc1CF. The zero-order chi connectivity index (χ0) is 13.1. The molecule has 0 aliphatic heterocycles. The molecular formula is C10H11F2NO3S. The van der Waals surface area contributed by atoms with Crippen LogP contribution in [0.25, 0.3) is 0 Å². The Morgan fingerprint density at radius 1 is 1.29 bits per heavy atom. The highest BCUT2D eigenvalue weighted by molar-refractivity contribution is 7.89. The van der Waals surface area contributed by atoms with Gasteiger partial charge in [0.1, 0.15) is 13.3 Å². The van der Waals surface area contributed by atoms with Crippen molar-refractivity contribution in [1.82, 2.24) is 4.72 Å². The molecule has 17 heavy (non-hydrogen) atoms. The van der Waals surface area contributed by atoms with Gasteiger partial charge in [-0.1, -0.05) is 12.1 Å². The minimum atomic E-state index is -3.73. The Hall–Kier alpha value is -1.50. The average molecular weight is 263 g/mol. The van der Waals surface area contributed by atoms with Gasteiger partial charge >= 0.3 is 0 Å². The number of amides is 1. The van der Waals surface area contributed by atoms with Gasteiger partial charge in [0.05, 0.1) is 6.26 Å². The summed E-state index contributed by atoms with van der Waals surface area (Å²) in [5.74, 6) is -0.963. The fourth-order valence-electron chi connectivity index (χ4n) is 1.26. The van der Waals surface area contributed by atoms with Crippen molar-refractivity contribution in [2.45, 2.75) is 13.3 Å². The van der Waals surface area contributed by atoms with E-state index in [1.54, 1.807) is 4.72 Å². The van der Waals surface area contributed by atoms with Crippen LogP contribution in [-0.2, 0) is 23.4 Å². The molecule has 0 aliphatic carbocycles. The molecule has 1 N–H and O–H groups in total. The van der Waals surface area contributed by atoms with Crippen LogP contribution in [-0.4, -0.2) is 20.6 Å². The largest absolute Gasteiger partial charge is 0.268 e. The smallest absolute Gasteiger partial charge is 0.265 e. The number of hydrogen-bond donors (Lipinski definition) is 1. The summed E-state index contributed by atoms with van der Waals surface area (Å²) in [4.78, 5) is 11.5. The third-order valence-corrected chi connectivity index (χ3v) is 2.55. The van der Waals surface area contributed by atoms with Gasteiger partial charge in [-0.2, -0.15) is 0 Å². The van der Waals surface area contributed by atoms with Crippen molar-refractivity contribution in [3.63, 3.8) is 0 Å². The molecule has 0 heterocycles. The van der Waals surface area contributed by atoms with Gasteiger partial charge in [0.2, 0.25) is 10.0 Å². The molecular weight excluding hydrogens is 252 g/mol. The molecule has 0 radical (unpaired) electrons. The summed E-state index contributed by atoms with van der Waals surface area (Å²) in [6.45, 7) is -1.75. The van der Waals surface area contributed by atoms with E-state index in [9.17, 15) is 22.0 Å². The predicted octanol–water partition coefficient (Wildman–Crippen LogP) is 1.31. The van der Waals surface area contributed by atoms with E-state index in [2.05, 4.69) is 0 Å². The highest BCUT2D eigenvalue weighted by Crippen LogP contribution is 2.14. The summed E-state index contributed by atoms with van der Waals surface area (Å²) in [5.41, 5.74) is 0.0253. The van der Waals surface area contributed by atoms with Gasteiger partial charge in [-0.05, 0) is 17.2 Å². The standard InChI is InChI=1S/C10H11F2NO3S/c1-17(15,16)13-10(14)9-4-7(5-11)2-3-8(9)6-12/h2-4H,5-6H2,1H3,(H,13,14). The van der Waals surface area contributed by atoms with Crippen molar-refractivity contribution >= 4 is 15.9 Å². The quantitative estimate of drug-likeness (QED) is 0.891. The van der Waals surface area contributed by atoms with Crippen LogP contribution >= 0.6 is 0 Å². The summed E-state index contributed by atoms with van der Waals surface area (Å²) in [6.07, 6.45) is 0.805. The maximum absolute atomic E-state index is 12.6. The van der Waals surface area contributed by atoms with Gasteiger partial charge in [-0.15, -0.1) is 0 Å². The van der Waals surface area contributed by atoms with E-state index in [-0.39, 0.29) is 16.7 Å². The van der Waals surface area contributed by atoms with Gasteiger partial charge in [-0.3, -0.25) is 4.79 Å². The molecule has 1 rings (SSSR count). The molecule has 1 aromatic rings. The molecule has 0 atom stereocenters. The number of carbonyl (C=O) groups is 1. The van der Waals surface area contributed by atoms with Crippen LogP contribution in [0.1, 0.15) is 21.5 Å². The van der Waals surface area contributed by atoms with Gasteiger partial charge < -0.3 is 0 Å². The number of alkyl halides is 2. The van der Waals surface area contributed by atoms with Crippen molar-refractivity contribution in [3.8, 4) is 0 Å². The lowest BCUT2D eigenvalue weighted by molar-refractivity contribution is 0.0980. The first-order chi connectivity index (χ1) is 7.87. The Labute approximate surface area is 97.7 Å². The fraction of sp³-hybridized carbons (Fsp3) is 0.300. The lowest BCUT2D eigenvalue weighted by Gasteiger charge is -2.08. The summed E-state index contributed by atoms with van der Waals surface area (Å²) in [6, 6.07) is 3.73. The summed E-state index contributed by atoms with van der Waals surface area (Å²) < 4.78 is 48.4. The summed E-state index contributed by atoms with van der Waals surface area (Å²) >= 11 is 0. The fourth-order valence-corrected chi connectivity index (χ4v) is 1.70. The Kier molecular flexibility index (Phi) is 4.17. The number of rotatable bonds is 4. The molecule has 4 nitrogen and oxygen atoms in total. The highest BCUT2D eigenvalue weighted by Gasteiger charge is 2.15. The second-order valence-electron chi connectivity index (χ2n) is 3.46. The number of sulfonamides is 1. The minimum absolute atomic E-state index is 0.0170. The molecule has 0 aliphatic rings. The number of nitrogens with one attached hydrogen (secondary N) is 1. The van der Waals surface area contributed by atoms with Crippen LogP contribution in [0, 0.1) is 0 Å². The molecule has 0 saturated heterocycles. The van der Waals surface area contributed by atoms with E-state index >= 15 is 0 Å². The second kappa shape index (κ2) is 5.22. The Balaban J connectivity index is 3.14. The van der Waals surface area contributed by atoms with E-state index in [0.29, 0.717) is 0 Å². The molecule has 1 aromatic carbocycles. The van der Waals surface area contributed by atoms with Crippen LogP contribution in [0.4, 0.5) is 8.78 Å². The topological polar surface area (TPSA) is 63.2 Å². The highest BCUT2D eigenvalue weighted by atomic mass is 32.2. The first-order valence-corrected chi connectivity index (χ1v) is 6.52. The summed E-state index contributed by atoms with van der Waals surface area (Å²) in [7, 11) is -3.73. The number of hydrogen-bond acceptors (Lipinski definition) is 3. The van der Waals surface area contributed by atoms with Crippen LogP contribution in [0.15, 0.2) is 18.2 Å². The van der Waals surface area contributed by atoms with Crippen LogP contribution in [0.3, 0.4) is 0 Å². The third kappa shape index (κ3) is 3.77. The van der Waals surface area contributed by atoms with E-state index < -0.39 is 29.3 Å². The van der Waals surface area contributed by atoms with E-state index in [1.807, 2.05) is 0 Å². The molecule has 0 aromatic heterocycles. The first kappa shape index (κ1) is 13.6. The Bertz CT molecular complexity index is 528. The molecule has 0 fully saturated rings. The van der Waals surface area contributed by atoms with Gasteiger partial charge in [-0.25, -0.2) is 21.9 Å². The Morgan fingerprint density at radius 3 is 2.41 bits per heavy atom. The van der Waals surface area contributed by atoms with Crippen LogP contribution < -0.4 is 4.72 Å². The number of carbonyl (C=O) groups excluding carboxylic acids is 1. The molecule has 0 spiro atoms. The average Bonchev–Trinajstić information content (AvgIpc) is 2.25. The molecule has 1 amide bonds. The van der Waals surface area contributed by atoms with E-state index in [1.165, 1.54) is 12.1 Å². The van der Waals surface area contributed by atoms with Crippen molar-refractivity contribution in [1.29, 1.82) is 0 Å². The summed E-state index contributed by atoms with van der Waals surface area (Å²) in [5, 5.41) is 0. The first-order valence-electron chi connectivity index (χ1n) is 4.63. The zero-order valence-corrected chi connectivity index (χ0v) is 9.85. The van der Waals surface area contributed by atoms with Crippen molar-refractivity contribution in [3.05, 3.63) is 34.9 Å². The normalized spacial score (nSPS) is 11.2. The molecule has 0 bridgehead atoms. The number of halogens is 2.